The van der Waals surface area contributed by atoms with E-state index < -0.39 is 0 Å². The Morgan fingerprint density at radius 2 is 2.45 bits per heavy atom. The van der Waals surface area contributed by atoms with Crippen LogP contribution in [0.2, 0.25) is 0 Å². The number of hydrogen-bond donors (Lipinski definition) is 0. The highest BCUT2D eigenvalue weighted by atomic mass is 79.9. The number of aromatic nitrogens is 2. The van der Waals surface area contributed by atoms with E-state index in [1.807, 2.05) is 20.0 Å². The lowest BCUT2D eigenvalue weighted by Gasteiger charge is -2.00. The van der Waals surface area contributed by atoms with Gasteiger partial charge >= 0.3 is 0 Å². The topological polar surface area (TPSA) is 41.6 Å². The van der Waals surface area contributed by atoms with Gasteiger partial charge in [0, 0.05) is 7.05 Å². The normalized spacial score (nSPS) is 12.5. The fourth-order valence-electron chi connectivity index (χ4n) is 0.917. The van der Waals surface area contributed by atoms with Crippen LogP contribution >= 0.6 is 15.9 Å². The Bertz CT molecular complexity index is 297. The van der Waals surface area contributed by atoms with Crippen molar-refractivity contribution in [3.05, 3.63) is 16.4 Å². The Labute approximate surface area is 73.8 Å². The molecular formula is C7H8BrN3. The van der Waals surface area contributed by atoms with E-state index in [0.717, 1.165) is 10.3 Å². The molecule has 0 saturated carbocycles. The van der Waals surface area contributed by atoms with Gasteiger partial charge in [-0.2, -0.15) is 10.4 Å². The molecule has 0 N–H and O–H groups in total. The van der Waals surface area contributed by atoms with E-state index >= 15 is 0 Å². The summed E-state index contributed by atoms with van der Waals surface area (Å²) in [6.07, 6.45) is 0. The number of rotatable bonds is 1. The minimum absolute atomic E-state index is 0.0983. The first-order valence-corrected chi connectivity index (χ1v) is 4.03. The molecule has 0 aliphatic rings. The van der Waals surface area contributed by atoms with Gasteiger partial charge in [0.2, 0.25) is 0 Å². The smallest absolute Gasteiger partial charge is 0.128 e. The summed E-state index contributed by atoms with van der Waals surface area (Å²) in [6.45, 7) is 1.85. The first-order valence-electron chi connectivity index (χ1n) is 3.24. The molecule has 1 aromatic rings. The Kier molecular flexibility index (Phi) is 2.30. The first kappa shape index (κ1) is 8.28. The molecule has 1 aromatic heterocycles. The van der Waals surface area contributed by atoms with Gasteiger partial charge < -0.3 is 0 Å². The Hall–Kier alpha value is -0.820. The quantitative estimate of drug-likeness (QED) is 0.715. The van der Waals surface area contributed by atoms with Gasteiger partial charge in [-0.05, 0) is 28.9 Å². The lowest BCUT2D eigenvalue weighted by Crippen LogP contribution is -2.00. The summed E-state index contributed by atoms with van der Waals surface area (Å²) in [6, 6.07) is 4.01. The van der Waals surface area contributed by atoms with E-state index in [0.29, 0.717) is 0 Å². The zero-order valence-corrected chi connectivity index (χ0v) is 7.96. The number of nitrogens with zero attached hydrogens (tertiary/aromatic N) is 3. The van der Waals surface area contributed by atoms with Gasteiger partial charge in [0.25, 0.3) is 0 Å². The molecular weight excluding hydrogens is 206 g/mol. The van der Waals surface area contributed by atoms with E-state index in [9.17, 15) is 0 Å². The molecule has 0 aliphatic carbocycles. The summed E-state index contributed by atoms with van der Waals surface area (Å²) in [7, 11) is 1.83. The molecule has 11 heavy (non-hydrogen) atoms. The second kappa shape index (κ2) is 3.05. The highest BCUT2D eigenvalue weighted by Crippen LogP contribution is 2.17. The molecule has 58 valence electrons. The molecule has 1 unspecified atom stereocenters. The molecule has 0 bridgehead atoms. The first-order chi connectivity index (χ1) is 5.15. The van der Waals surface area contributed by atoms with Gasteiger partial charge in [-0.3, -0.25) is 4.68 Å². The van der Waals surface area contributed by atoms with Crippen LogP contribution in [0.15, 0.2) is 10.7 Å². The van der Waals surface area contributed by atoms with Crippen molar-refractivity contribution in [3.8, 4) is 6.07 Å². The van der Waals surface area contributed by atoms with E-state index in [4.69, 9.17) is 5.26 Å². The van der Waals surface area contributed by atoms with Crippen molar-refractivity contribution >= 4 is 15.9 Å². The van der Waals surface area contributed by atoms with E-state index in [1.165, 1.54) is 0 Å². The van der Waals surface area contributed by atoms with Gasteiger partial charge in [0.15, 0.2) is 0 Å². The third kappa shape index (κ3) is 1.60. The van der Waals surface area contributed by atoms with Crippen molar-refractivity contribution in [2.75, 3.05) is 0 Å². The molecule has 0 spiro atoms. The molecule has 0 radical (unpaired) electrons. The molecule has 0 amide bonds. The average molecular weight is 214 g/mol. The molecule has 1 heterocycles. The number of hydrogen-bond acceptors (Lipinski definition) is 2. The maximum atomic E-state index is 8.62. The number of aryl methyl sites for hydroxylation is 1. The summed E-state index contributed by atoms with van der Waals surface area (Å²) < 4.78 is 2.48. The maximum Gasteiger partial charge on any atom is 0.128 e. The van der Waals surface area contributed by atoms with Crippen LogP contribution in [0.5, 0.6) is 0 Å². The predicted octanol–water partition coefficient (Wildman–Crippen LogP) is 1.81. The molecule has 0 aliphatic heterocycles. The molecule has 0 aromatic carbocycles. The molecule has 1 rings (SSSR count). The molecule has 3 nitrogen and oxygen atoms in total. The van der Waals surface area contributed by atoms with Crippen molar-refractivity contribution in [2.45, 2.75) is 12.8 Å². The molecule has 4 heteroatoms. The lowest BCUT2D eigenvalue weighted by molar-refractivity contribution is 0.693. The largest absolute Gasteiger partial charge is 0.270 e. The fraction of sp³-hybridized carbons (Fsp3) is 0.429. The van der Waals surface area contributed by atoms with Crippen molar-refractivity contribution in [3.63, 3.8) is 0 Å². The van der Waals surface area contributed by atoms with Crippen LogP contribution in [-0.4, -0.2) is 9.78 Å². The Morgan fingerprint density at radius 3 is 2.82 bits per heavy atom. The van der Waals surface area contributed by atoms with Gasteiger partial charge in [0.05, 0.1) is 17.7 Å². The van der Waals surface area contributed by atoms with Crippen LogP contribution in [0.3, 0.4) is 0 Å². The standard InChI is InChI=1S/C7H8BrN3/c1-5(4-9)6-3-7(8)10-11(6)2/h3,5H,1-2H3. The summed E-state index contributed by atoms with van der Waals surface area (Å²) in [4.78, 5) is 0. The summed E-state index contributed by atoms with van der Waals surface area (Å²) >= 11 is 3.24. The van der Waals surface area contributed by atoms with Crippen LogP contribution in [0.1, 0.15) is 18.5 Å². The van der Waals surface area contributed by atoms with E-state index in [-0.39, 0.29) is 5.92 Å². The molecule has 0 saturated heterocycles. The predicted molar refractivity (Wildman–Crippen MR) is 44.9 cm³/mol. The Morgan fingerprint density at radius 1 is 1.82 bits per heavy atom. The van der Waals surface area contributed by atoms with E-state index in [1.54, 1.807) is 4.68 Å². The minimum Gasteiger partial charge on any atom is -0.270 e. The zero-order valence-electron chi connectivity index (χ0n) is 6.37. The van der Waals surface area contributed by atoms with Gasteiger partial charge in [0.1, 0.15) is 4.60 Å². The van der Waals surface area contributed by atoms with Crippen LogP contribution in [0.25, 0.3) is 0 Å². The second-order valence-electron chi connectivity index (χ2n) is 2.37. The van der Waals surface area contributed by atoms with Crippen LogP contribution in [-0.2, 0) is 7.05 Å². The van der Waals surface area contributed by atoms with Crippen molar-refractivity contribution < 1.29 is 0 Å². The fourth-order valence-corrected chi connectivity index (χ4v) is 1.39. The zero-order chi connectivity index (χ0) is 8.43. The third-order valence-electron chi connectivity index (χ3n) is 1.52. The highest BCUT2D eigenvalue weighted by Gasteiger charge is 2.09. The van der Waals surface area contributed by atoms with Crippen LogP contribution in [0, 0.1) is 11.3 Å². The monoisotopic (exact) mass is 213 g/mol. The van der Waals surface area contributed by atoms with E-state index in [2.05, 4.69) is 27.1 Å². The SMILES string of the molecule is CC(C#N)c1cc(Br)nn1C. The summed E-state index contributed by atoms with van der Waals surface area (Å²) in [5, 5.41) is 12.7. The molecule has 0 fully saturated rings. The van der Waals surface area contributed by atoms with Crippen LogP contribution in [0.4, 0.5) is 0 Å². The third-order valence-corrected chi connectivity index (χ3v) is 1.91. The highest BCUT2D eigenvalue weighted by molar-refractivity contribution is 9.10. The van der Waals surface area contributed by atoms with Gasteiger partial charge in [-0.15, -0.1) is 0 Å². The Balaban J connectivity index is 3.05. The van der Waals surface area contributed by atoms with Crippen molar-refractivity contribution in [1.29, 1.82) is 5.26 Å². The van der Waals surface area contributed by atoms with Crippen molar-refractivity contribution in [2.24, 2.45) is 7.05 Å². The van der Waals surface area contributed by atoms with Crippen molar-refractivity contribution in [1.82, 2.24) is 9.78 Å². The lowest BCUT2D eigenvalue weighted by atomic mass is 10.1. The second-order valence-corrected chi connectivity index (χ2v) is 3.18. The van der Waals surface area contributed by atoms with Gasteiger partial charge in [-0.25, -0.2) is 0 Å². The summed E-state index contributed by atoms with van der Waals surface area (Å²) in [5.74, 6) is -0.0983. The van der Waals surface area contributed by atoms with Crippen LogP contribution < -0.4 is 0 Å². The average Bonchev–Trinajstić information content (AvgIpc) is 2.28. The van der Waals surface area contributed by atoms with Gasteiger partial charge in [-0.1, -0.05) is 0 Å². The number of halogens is 1. The molecule has 1 atom stereocenters. The summed E-state index contributed by atoms with van der Waals surface area (Å²) in [5.41, 5.74) is 0.930. The minimum atomic E-state index is -0.0983. The maximum absolute atomic E-state index is 8.62. The number of nitriles is 1.